The molecule has 20 heavy (non-hydrogen) atoms. The third kappa shape index (κ3) is 1.49. The molecule has 0 amide bonds. The lowest BCUT2D eigenvalue weighted by molar-refractivity contribution is 0.220. The van der Waals surface area contributed by atoms with Crippen molar-refractivity contribution >= 4 is 0 Å². The summed E-state index contributed by atoms with van der Waals surface area (Å²) in [7, 11) is 1.61. The van der Waals surface area contributed by atoms with E-state index >= 15 is 0 Å². The van der Waals surface area contributed by atoms with Gasteiger partial charge in [0.05, 0.1) is 12.1 Å². The van der Waals surface area contributed by atoms with Gasteiger partial charge in [0.1, 0.15) is 0 Å². The molecule has 1 aromatic heterocycles. The van der Waals surface area contributed by atoms with Crippen molar-refractivity contribution in [2.24, 2.45) is 18.9 Å². The lowest BCUT2D eigenvalue weighted by Crippen LogP contribution is -2.33. The smallest absolute Gasteiger partial charge is 0.246 e. The largest absolute Gasteiger partial charge is 0.347 e. The zero-order valence-corrected chi connectivity index (χ0v) is 12.1. The van der Waals surface area contributed by atoms with E-state index in [-0.39, 0.29) is 23.5 Å². The van der Waals surface area contributed by atoms with Crippen LogP contribution in [-0.2, 0) is 7.05 Å². The molecule has 0 bridgehead atoms. The van der Waals surface area contributed by atoms with Crippen molar-refractivity contribution in [1.29, 1.82) is 0 Å². The van der Waals surface area contributed by atoms with E-state index < -0.39 is 0 Å². The van der Waals surface area contributed by atoms with Crippen LogP contribution in [0.3, 0.4) is 0 Å². The Labute approximate surface area is 118 Å². The van der Waals surface area contributed by atoms with Crippen LogP contribution in [0.4, 0.5) is 0 Å². The van der Waals surface area contributed by atoms with Crippen LogP contribution in [0.25, 0.3) is 0 Å². The normalized spacial score (nSPS) is 36.0. The van der Waals surface area contributed by atoms with E-state index in [2.05, 4.69) is 0 Å². The van der Waals surface area contributed by atoms with Crippen LogP contribution in [0.5, 0.6) is 0 Å². The first-order chi connectivity index (χ1) is 9.70. The minimum atomic E-state index is -0.103. The van der Waals surface area contributed by atoms with Gasteiger partial charge in [0.2, 0.25) is 0 Å². The number of hydrogen-bond acceptors (Lipinski definition) is 2. The van der Waals surface area contributed by atoms with E-state index in [4.69, 9.17) is 0 Å². The summed E-state index contributed by atoms with van der Waals surface area (Å²) in [5.41, 5.74) is -0.206. The molecule has 0 aromatic carbocycles. The highest BCUT2D eigenvalue weighted by Crippen LogP contribution is 2.51. The molecule has 0 radical (unpaired) electrons. The zero-order chi connectivity index (χ0) is 13.9. The van der Waals surface area contributed by atoms with E-state index in [1.807, 2.05) is 9.36 Å². The second kappa shape index (κ2) is 4.37. The summed E-state index contributed by atoms with van der Waals surface area (Å²) in [6.45, 7) is 0. The zero-order valence-electron chi connectivity index (χ0n) is 12.1. The molecule has 5 nitrogen and oxygen atoms in total. The highest BCUT2D eigenvalue weighted by molar-refractivity contribution is 4.99. The van der Waals surface area contributed by atoms with E-state index in [0.717, 1.165) is 12.8 Å². The van der Waals surface area contributed by atoms with Crippen molar-refractivity contribution in [1.82, 2.24) is 13.9 Å². The van der Waals surface area contributed by atoms with Gasteiger partial charge in [-0.1, -0.05) is 38.5 Å². The molecular formula is C15H23N3O2. The molecule has 2 heterocycles. The summed E-state index contributed by atoms with van der Waals surface area (Å²) in [5.74, 6) is 1.24. The first-order valence-electron chi connectivity index (χ1n) is 8.10. The quantitative estimate of drug-likeness (QED) is 0.726. The maximum Gasteiger partial charge on any atom is 0.347 e. The number of fused-ring (bicyclic) bond motifs is 3. The van der Waals surface area contributed by atoms with Gasteiger partial charge in [-0.15, -0.1) is 0 Å². The van der Waals surface area contributed by atoms with Crippen molar-refractivity contribution in [3.8, 4) is 0 Å². The van der Waals surface area contributed by atoms with Crippen molar-refractivity contribution in [2.75, 3.05) is 0 Å². The average Bonchev–Trinajstić information content (AvgIpc) is 2.69. The minimum Gasteiger partial charge on any atom is -0.246 e. The molecule has 2 unspecified atom stereocenters. The standard InChI is InChI=1S/C15H23N3O2/c1-16-14(19)17-11-8-4-2-6-10-7-3-5-9-12(13(10)11)18(17)15(16)20/h10-13H,2-9H2,1H3/t10?,11-,12+,13?. The second-order valence-electron chi connectivity index (χ2n) is 6.85. The number of rotatable bonds is 0. The van der Waals surface area contributed by atoms with Gasteiger partial charge in [0.15, 0.2) is 0 Å². The van der Waals surface area contributed by atoms with Crippen molar-refractivity contribution in [3.63, 3.8) is 0 Å². The Kier molecular flexibility index (Phi) is 2.72. The number of aromatic nitrogens is 3. The van der Waals surface area contributed by atoms with Crippen LogP contribution in [0.1, 0.15) is 63.5 Å². The summed E-state index contributed by atoms with van der Waals surface area (Å²) in [4.78, 5) is 24.9. The topological polar surface area (TPSA) is 48.9 Å². The molecule has 0 saturated heterocycles. The lowest BCUT2D eigenvalue weighted by Gasteiger charge is -2.27. The molecule has 3 aliphatic rings. The molecule has 0 spiro atoms. The first-order valence-corrected chi connectivity index (χ1v) is 8.10. The van der Waals surface area contributed by atoms with E-state index in [9.17, 15) is 9.59 Å². The van der Waals surface area contributed by atoms with Gasteiger partial charge < -0.3 is 0 Å². The SMILES string of the molecule is Cn1c(=O)n2n(c1=O)[C@H]1CCCCC3CCCC[C@@H]2C31. The van der Waals surface area contributed by atoms with Crippen molar-refractivity contribution < 1.29 is 0 Å². The molecule has 1 aromatic rings. The third-order valence-corrected chi connectivity index (χ3v) is 5.91. The van der Waals surface area contributed by atoms with Crippen LogP contribution in [0.2, 0.25) is 0 Å². The third-order valence-electron chi connectivity index (χ3n) is 5.91. The molecule has 4 atom stereocenters. The molecular weight excluding hydrogens is 254 g/mol. The predicted octanol–water partition coefficient (Wildman–Crippen LogP) is 1.82. The van der Waals surface area contributed by atoms with Crippen LogP contribution in [0, 0.1) is 11.8 Å². The summed E-state index contributed by atoms with van der Waals surface area (Å²) >= 11 is 0. The second-order valence-corrected chi connectivity index (χ2v) is 6.85. The fraction of sp³-hybridized carbons (Fsp3) is 0.867. The van der Waals surface area contributed by atoms with Gasteiger partial charge in [-0.05, 0) is 18.8 Å². The Hall–Kier alpha value is -1.26. The highest BCUT2D eigenvalue weighted by Gasteiger charge is 2.48. The molecule has 110 valence electrons. The van der Waals surface area contributed by atoms with Crippen molar-refractivity contribution in [2.45, 2.75) is 63.5 Å². The molecule has 4 rings (SSSR count). The van der Waals surface area contributed by atoms with E-state index in [1.165, 1.54) is 43.1 Å². The summed E-state index contributed by atoms with van der Waals surface area (Å²) < 4.78 is 4.93. The number of nitrogens with zero attached hydrogens (tertiary/aromatic N) is 3. The fourth-order valence-corrected chi connectivity index (χ4v) is 5.07. The van der Waals surface area contributed by atoms with E-state index in [0.29, 0.717) is 11.8 Å². The fourth-order valence-electron chi connectivity index (χ4n) is 5.07. The highest BCUT2D eigenvalue weighted by atomic mass is 16.2. The van der Waals surface area contributed by atoms with Gasteiger partial charge >= 0.3 is 11.4 Å². The molecule has 1 aliphatic heterocycles. The Morgan fingerprint density at radius 3 is 1.75 bits per heavy atom. The van der Waals surface area contributed by atoms with Gasteiger partial charge in [-0.25, -0.2) is 23.5 Å². The summed E-state index contributed by atoms with van der Waals surface area (Å²) in [5, 5.41) is 0. The molecule has 2 aliphatic carbocycles. The average molecular weight is 277 g/mol. The minimum absolute atomic E-state index is 0.103. The summed E-state index contributed by atoms with van der Waals surface area (Å²) in [6, 6.07) is 0.541. The first kappa shape index (κ1) is 12.5. The molecule has 5 heteroatoms. The van der Waals surface area contributed by atoms with Crippen molar-refractivity contribution in [3.05, 3.63) is 21.0 Å². The maximum atomic E-state index is 12.4. The molecule has 2 fully saturated rings. The van der Waals surface area contributed by atoms with Gasteiger partial charge in [0, 0.05) is 13.0 Å². The van der Waals surface area contributed by atoms with Gasteiger partial charge in [0.25, 0.3) is 0 Å². The Balaban J connectivity index is 1.93. The Morgan fingerprint density at radius 2 is 1.25 bits per heavy atom. The maximum absolute atomic E-state index is 12.4. The van der Waals surface area contributed by atoms with Crippen LogP contribution in [-0.4, -0.2) is 13.9 Å². The Bertz CT molecular complexity index is 587. The van der Waals surface area contributed by atoms with Crippen LogP contribution >= 0.6 is 0 Å². The van der Waals surface area contributed by atoms with Gasteiger partial charge in [-0.2, -0.15) is 0 Å². The van der Waals surface area contributed by atoms with Crippen LogP contribution in [0.15, 0.2) is 9.59 Å². The monoisotopic (exact) mass is 277 g/mol. The number of hydrogen-bond donors (Lipinski definition) is 0. The van der Waals surface area contributed by atoms with Crippen LogP contribution < -0.4 is 11.4 Å². The van der Waals surface area contributed by atoms with E-state index in [1.54, 1.807) is 7.05 Å². The Morgan fingerprint density at radius 1 is 0.800 bits per heavy atom. The molecule has 0 N–H and O–H groups in total. The molecule has 2 saturated carbocycles. The summed E-state index contributed by atoms with van der Waals surface area (Å²) in [6.07, 6.45) is 9.68. The lowest BCUT2D eigenvalue weighted by atomic mass is 9.79. The predicted molar refractivity (Wildman–Crippen MR) is 75.9 cm³/mol. The van der Waals surface area contributed by atoms with Gasteiger partial charge in [-0.3, -0.25) is 0 Å².